The van der Waals surface area contributed by atoms with Gasteiger partial charge in [0, 0.05) is 29.4 Å². The fourth-order valence-corrected chi connectivity index (χ4v) is 1.33. The number of rotatable bonds is 4. The molecule has 78 valence electrons. The molecule has 4 nitrogen and oxygen atoms in total. The predicted molar refractivity (Wildman–Crippen MR) is 54.4 cm³/mol. The molecular weight excluding hydrogens is 229 g/mol. The highest BCUT2D eigenvalue weighted by Gasteiger charge is 2.04. The van der Waals surface area contributed by atoms with Crippen LogP contribution in [0.5, 0.6) is 0 Å². The largest absolute Gasteiger partial charge is 0.368 e. The molecule has 7 heteroatoms. The number of hydrogen-bond acceptors (Lipinski definition) is 4. The van der Waals surface area contributed by atoms with E-state index in [1.165, 1.54) is 6.20 Å². The van der Waals surface area contributed by atoms with Crippen molar-refractivity contribution in [1.82, 2.24) is 9.97 Å². The molecule has 0 saturated heterocycles. The molecule has 1 rings (SSSR count). The van der Waals surface area contributed by atoms with Crippen molar-refractivity contribution < 1.29 is 8.60 Å². The van der Waals surface area contributed by atoms with Gasteiger partial charge in [0.2, 0.25) is 0 Å². The van der Waals surface area contributed by atoms with Crippen LogP contribution in [0, 0.1) is 6.08 Å². The summed E-state index contributed by atoms with van der Waals surface area (Å²) < 4.78 is 23.3. The first kappa shape index (κ1) is 11.3. The minimum absolute atomic E-state index is 0.226. The lowest BCUT2D eigenvalue weighted by Gasteiger charge is -2.04. The minimum atomic E-state index is -0.894. The van der Waals surface area contributed by atoms with Gasteiger partial charge in [0.1, 0.15) is 5.02 Å². The van der Waals surface area contributed by atoms with Crippen molar-refractivity contribution >= 4 is 28.2 Å². The molecule has 1 aromatic rings. The Balaban J connectivity index is 2.57. The zero-order chi connectivity index (χ0) is 10.6. The lowest BCUT2D eigenvalue weighted by Crippen LogP contribution is -2.11. The van der Waals surface area contributed by atoms with Crippen LogP contribution in [-0.2, 0) is 10.8 Å². The van der Waals surface area contributed by atoms with E-state index in [1.54, 1.807) is 6.26 Å². The number of hydrogen-bond donors (Lipinski definition) is 1. The summed E-state index contributed by atoms with van der Waals surface area (Å²) in [5.74, 6) is 0.687. The van der Waals surface area contributed by atoms with Crippen molar-refractivity contribution in [3.63, 3.8) is 0 Å². The highest BCUT2D eigenvalue weighted by molar-refractivity contribution is 7.84. The van der Waals surface area contributed by atoms with E-state index in [-0.39, 0.29) is 10.8 Å². The van der Waals surface area contributed by atoms with Crippen LogP contribution in [0.1, 0.15) is 0 Å². The maximum absolute atomic E-state index is 12.6. The first-order valence-electron chi connectivity index (χ1n) is 3.81. The van der Waals surface area contributed by atoms with E-state index in [4.69, 9.17) is 11.6 Å². The van der Waals surface area contributed by atoms with Gasteiger partial charge in [0.15, 0.2) is 5.82 Å². The molecule has 0 bridgehead atoms. The average molecular weight is 238 g/mol. The molecule has 0 aromatic carbocycles. The van der Waals surface area contributed by atoms with E-state index < -0.39 is 16.9 Å². The van der Waals surface area contributed by atoms with Crippen LogP contribution in [0.4, 0.5) is 10.2 Å². The maximum Gasteiger partial charge on any atom is 0.310 e. The topological polar surface area (TPSA) is 54.9 Å². The molecule has 0 aliphatic heterocycles. The van der Waals surface area contributed by atoms with E-state index in [0.29, 0.717) is 12.3 Å². The van der Waals surface area contributed by atoms with Crippen molar-refractivity contribution in [2.24, 2.45) is 0 Å². The quantitative estimate of drug-likeness (QED) is 0.796. The summed E-state index contributed by atoms with van der Waals surface area (Å²) in [6.07, 6.45) is 1.92. The van der Waals surface area contributed by atoms with Gasteiger partial charge in [-0.2, -0.15) is 9.37 Å². The fraction of sp³-hybridized carbons (Fsp3) is 0.429. The molecule has 1 heterocycles. The molecule has 0 radical (unpaired) electrons. The van der Waals surface area contributed by atoms with Gasteiger partial charge in [-0.05, 0) is 0 Å². The predicted octanol–water partition coefficient (Wildman–Crippen LogP) is 1.06. The molecule has 14 heavy (non-hydrogen) atoms. The zero-order valence-electron chi connectivity index (χ0n) is 7.46. The van der Waals surface area contributed by atoms with E-state index in [2.05, 4.69) is 15.3 Å². The minimum Gasteiger partial charge on any atom is -0.368 e. The fourth-order valence-electron chi connectivity index (χ4n) is 0.783. The molecule has 0 amide bonds. The van der Waals surface area contributed by atoms with Crippen LogP contribution >= 0.6 is 11.6 Å². The Morgan fingerprint density at radius 3 is 3.07 bits per heavy atom. The molecular formula is C7H9ClFN3OS. The Labute approximate surface area is 88.4 Å². The summed E-state index contributed by atoms with van der Waals surface area (Å²) in [5, 5.41) is 3.01. The monoisotopic (exact) mass is 237 g/mol. The number of aromatic nitrogens is 2. The standard InChI is InChI=1S/C7H9ClFN3OS/c1-14(13)3-2-10-6-5(8)4-11-7(9)12-6/h4H,2-3H2,1H3,(H,10,11,12). The summed E-state index contributed by atoms with van der Waals surface area (Å²) in [7, 11) is -0.894. The highest BCUT2D eigenvalue weighted by Crippen LogP contribution is 2.16. The van der Waals surface area contributed by atoms with Crippen molar-refractivity contribution in [2.45, 2.75) is 0 Å². The van der Waals surface area contributed by atoms with E-state index in [0.717, 1.165) is 0 Å². The molecule has 0 spiro atoms. The van der Waals surface area contributed by atoms with Crippen LogP contribution in [-0.4, -0.2) is 32.7 Å². The van der Waals surface area contributed by atoms with Gasteiger partial charge in [-0.3, -0.25) is 4.21 Å². The molecule has 1 unspecified atom stereocenters. The van der Waals surface area contributed by atoms with Crippen molar-refractivity contribution in [2.75, 3.05) is 23.9 Å². The normalized spacial score (nSPS) is 12.5. The first-order valence-corrected chi connectivity index (χ1v) is 5.92. The maximum atomic E-state index is 12.6. The number of anilines is 1. The third kappa shape index (κ3) is 3.55. The molecule has 1 N–H and O–H groups in total. The van der Waals surface area contributed by atoms with Crippen LogP contribution in [0.25, 0.3) is 0 Å². The van der Waals surface area contributed by atoms with Gasteiger partial charge in [0.25, 0.3) is 0 Å². The molecule has 0 aliphatic rings. The van der Waals surface area contributed by atoms with Crippen LogP contribution < -0.4 is 5.32 Å². The van der Waals surface area contributed by atoms with Gasteiger partial charge in [-0.1, -0.05) is 11.6 Å². The molecule has 1 atom stereocenters. The first-order chi connectivity index (χ1) is 6.59. The van der Waals surface area contributed by atoms with Gasteiger partial charge < -0.3 is 5.32 Å². The Morgan fingerprint density at radius 1 is 1.71 bits per heavy atom. The summed E-state index contributed by atoms with van der Waals surface area (Å²) >= 11 is 5.68. The van der Waals surface area contributed by atoms with Crippen molar-refractivity contribution in [1.29, 1.82) is 0 Å². The molecule has 0 fully saturated rings. The van der Waals surface area contributed by atoms with Crippen LogP contribution in [0.15, 0.2) is 6.20 Å². The Kier molecular flexibility index (Phi) is 4.21. The lowest BCUT2D eigenvalue weighted by atomic mass is 10.5. The summed E-state index contributed by atoms with van der Waals surface area (Å²) in [4.78, 5) is 6.72. The third-order valence-electron chi connectivity index (χ3n) is 1.40. The average Bonchev–Trinajstić information content (AvgIpc) is 2.10. The highest BCUT2D eigenvalue weighted by atomic mass is 35.5. The van der Waals surface area contributed by atoms with E-state index in [1.807, 2.05) is 0 Å². The second kappa shape index (κ2) is 5.21. The van der Waals surface area contributed by atoms with Gasteiger partial charge in [-0.25, -0.2) is 4.98 Å². The SMILES string of the molecule is CS(=O)CCNc1nc(F)ncc1Cl. The third-order valence-corrected chi connectivity index (χ3v) is 2.45. The summed E-state index contributed by atoms with van der Waals surface area (Å²) in [6.45, 7) is 0.430. The smallest absolute Gasteiger partial charge is 0.310 e. The second-order valence-electron chi connectivity index (χ2n) is 2.54. The number of nitrogens with one attached hydrogen (secondary N) is 1. The Hall–Kier alpha value is -0.750. The van der Waals surface area contributed by atoms with Crippen LogP contribution in [0.3, 0.4) is 0 Å². The van der Waals surface area contributed by atoms with Gasteiger partial charge >= 0.3 is 6.08 Å². The Morgan fingerprint density at radius 2 is 2.43 bits per heavy atom. The Bertz CT molecular complexity index is 350. The molecule has 0 saturated carbocycles. The van der Waals surface area contributed by atoms with E-state index >= 15 is 0 Å². The number of halogens is 2. The summed E-state index contributed by atoms with van der Waals surface area (Å²) in [6, 6.07) is 0. The van der Waals surface area contributed by atoms with Gasteiger partial charge in [-0.15, -0.1) is 0 Å². The van der Waals surface area contributed by atoms with E-state index in [9.17, 15) is 8.60 Å². The van der Waals surface area contributed by atoms with Crippen LogP contribution in [0.2, 0.25) is 5.02 Å². The summed E-state index contributed by atoms with van der Waals surface area (Å²) in [5.41, 5.74) is 0. The van der Waals surface area contributed by atoms with Crippen molar-refractivity contribution in [3.05, 3.63) is 17.3 Å². The zero-order valence-corrected chi connectivity index (χ0v) is 9.03. The molecule has 1 aromatic heterocycles. The number of nitrogens with zero attached hydrogens (tertiary/aromatic N) is 2. The van der Waals surface area contributed by atoms with Crippen molar-refractivity contribution in [3.8, 4) is 0 Å². The van der Waals surface area contributed by atoms with Gasteiger partial charge in [0.05, 0.1) is 6.20 Å². The second-order valence-corrected chi connectivity index (χ2v) is 4.50. The lowest BCUT2D eigenvalue weighted by molar-refractivity contribution is 0.540. The molecule has 0 aliphatic carbocycles.